The third-order valence-corrected chi connectivity index (χ3v) is 42.0. The van der Waals surface area contributed by atoms with Crippen LogP contribution in [0.5, 0.6) is 0 Å². The van der Waals surface area contributed by atoms with Crippen LogP contribution < -0.4 is 16.0 Å². The molecule has 0 aromatic heterocycles. The molecule has 0 aromatic rings. The van der Waals surface area contributed by atoms with E-state index in [4.69, 9.17) is 55.0 Å². The van der Waals surface area contributed by atoms with Gasteiger partial charge in [-0.15, -0.1) is 0 Å². The van der Waals surface area contributed by atoms with Crippen molar-refractivity contribution in [3.05, 3.63) is 25.3 Å². The minimum Gasteiger partial charge on any atom is -0.466 e. The normalized spacial score (nSPS) is 23.0. The highest BCUT2D eigenvalue weighted by Gasteiger charge is 2.47. The van der Waals surface area contributed by atoms with Gasteiger partial charge in [0.1, 0.15) is 33.0 Å². The SMILES string of the molecule is C=CC(=O)OCCOC(=O)CCC1(C)CC(NC(=O)OCCCCOC(=O)CCC2(C)CC(NC(=O)OCC(COCCC[Si](C)(C)O[Si](C)(C)C[Si](C)(C)O[Si](C)(C)O[Si](C)(C)CCCC)OC(=O)CCC3(C)CC(NC(=O)OCCOC(=O)C=C)CC(C)(C)C3)CC(C)(C)C2)CC(C)(C)C1. The summed E-state index contributed by atoms with van der Waals surface area (Å²) in [6.45, 7) is 51.2. The molecule has 3 fully saturated rings. The van der Waals surface area contributed by atoms with Crippen molar-refractivity contribution in [1.29, 1.82) is 0 Å². The third-order valence-electron chi connectivity index (χ3n) is 19.3. The summed E-state index contributed by atoms with van der Waals surface area (Å²) in [5, 5.41) is 9.12. The van der Waals surface area contributed by atoms with Crippen LogP contribution in [0.1, 0.15) is 198 Å². The average molecular weight is 1530 g/mol. The number of esters is 5. The van der Waals surface area contributed by atoms with E-state index < -0.39 is 84.1 Å². The molecule has 3 N–H and O–H groups in total. The van der Waals surface area contributed by atoms with Gasteiger partial charge in [0.2, 0.25) is 0 Å². The molecule has 0 aliphatic heterocycles. The zero-order chi connectivity index (χ0) is 77.1. The fourth-order valence-corrected chi connectivity index (χ4v) is 47.5. The number of carbonyl (C=O) groups is 8. The standard InChI is InChI=1S/C74H137N3O20Si5/c1-23-26-43-99(15,16)96-102(21,22)97-101(19,20)56-100(17,18)95-98(13,14)44-29-36-86-51-60(94-65(82)32-35-74(12)49-58(46-70(6,7)55-74)76-67(84)92-42-41-89-62(79)25-3)52-93-68(85)77-59-47-71(8,9)54-72(10,50-59)33-30-63(80)87-37-27-28-38-91-66(83)75-57-45-69(4,5)53-73(11,48-57)34-31-64(81)90-40-39-88-61(78)24-2/h24-25,57-60H,2-3,23,26-56H2,1,4-22H3,(H,75,83)(H,76,84)(H,77,85). The molecule has 3 saturated carbocycles. The van der Waals surface area contributed by atoms with E-state index in [1.807, 2.05) is 0 Å². The zero-order valence-corrected chi connectivity index (χ0v) is 71.7. The number of ether oxygens (including phenoxy) is 9. The molecule has 0 radical (unpaired) electrons. The maximum absolute atomic E-state index is 13.9. The minimum absolute atomic E-state index is 0.00617. The topological polar surface area (TPSA) is 283 Å². The Bertz CT molecular complexity index is 2730. The summed E-state index contributed by atoms with van der Waals surface area (Å²) in [6.07, 6.45) is 12.1. The van der Waals surface area contributed by atoms with Crippen LogP contribution in [0.4, 0.5) is 14.4 Å². The number of alkyl carbamates (subject to hydrolysis) is 3. The van der Waals surface area contributed by atoms with E-state index in [2.05, 4.69) is 164 Å². The Balaban J connectivity index is 1.57. The van der Waals surface area contributed by atoms with E-state index in [1.54, 1.807) is 0 Å². The number of carbonyl (C=O) groups excluding carboxylic acids is 8. The smallest absolute Gasteiger partial charge is 0.407 e. The summed E-state index contributed by atoms with van der Waals surface area (Å²) >= 11 is 0. The fourth-order valence-electron chi connectivity index (χ4n) is 17.3. The first-order valence-corrected chi connectivity index (χ1v) is 52.9. The van der Waals surface area contributed by atoms with E-state index >= 15 is 0 Å². The predicted molar refractivity (Wildman–Crippen MR) is 409 cm³/mol. The number of hydrogen-bond acceptors (Lipinski definition) is 20. The molecule has 102 heavy (non-hydrogen) atoms. The number of rotatable bonds is 45. The number of unbranched alkanes of at least 4 members (excludes halogenated alkanes) is 2. The quantitative estimate of drug-likeness (QED) is 0.0168. The van der Waals surface area contributed by atoms with Crippen LogP contribution >= 0.6 is 0 Å². The van der Waals surface area contributed by atoms with Gasteiger partial charge in [0.25, 0.3) is 0 Å². The lowest BCUT2D eigenvalue weighted by molar-refractivity contribution is -0.156. The highest BCUT2D eigenvalue weighted by molar-refractivity contribution is 6.97. The van der Waals surface area contributed by atoms with E-state index in [1.165, 1.54) is 6.42 Å². The first-order chi connectivity index (χ1) is 47.0. The van der Waals surface area contributed by atoms with Crippen LogP contribution in [0.15, 0.2) is 25.3 Å². The van der Waals surface area contributed by atoms with Crippen molar-refractivity contribution in [1.82, 2.24) is 16.0 Å². The minimum atomic E-state index is -2.37. The summed E-state index contributed by atoms with van der Waals surface area (Å²) in [5.41, 5.74) is -0.365. The van der Waals surface area contributed by atoms with Crippen molar-refractivity contribution in [2.75, 3.05) is 59.5 Å². The molecule has 588 valence electrons. The Labute approximate surface area is 618 Å². The Kier molecular flexibility index (Phi) is 36.9. The van der Waals surface area contributed by atoms with Gasteiger partial charge < -0.3 is 70.9 Å². The largest absolute Gasteiger partial charge is 0.466 e. The van der Waals surface area contributed by atoms with Crippen LogP contribution in [0.25, 0.3) is 0 Å². The number of amides is 3. The lowest BCUT2D eigenvalue weighted by Crippen LogP contribution is -2.56. The van der Waals surface area contributed by atoms with E-state index in [0.29, 0.717) is 70.8 Å². The summed E-state index contributed by atoms with van der Waals surface area (Å²) in [7, 11) is -10.7. The van der Waals surface area contributed by atoms with Crippen molar-refractivity contribution in [3.63, 3.8) is 0 Å². The van der Waals surface area contributed by atoms with Gasteiger partial charge in [0.15, 0.2) is 39.4 Å². The van der Waals surface area contributed by atoms with E-state index in [9.17, 15) is 38.4 Å². The second-order valence-electron chi connectivity index (χ2n) is 35.8. The molecule has 0 bridgehead atoms. The molecule has 3 rings (SSSR count). The van der Waals surface area contributed by atoms with Crippen LogP contribution in [0.3, 0.4) is 0 Å². The van der Waals surface area contributed by atoms with Crippen molar-refractivity contribution >= 4 is 90.0 Å². The van der Waals surface area contributed by atoms with Gasteiger partial charge >= 0.3 is 56.7 Å². The molecule has 0 saturated heterocycles. The maximum atomic E-state index is 13.9. The Hall–Kier alpha value is -4.44. The number of hydrogen-bond donors (Lipinski definition) is 3. The number of nitrogens with one attached hydrogen (secondary N) is 3. The van der Waals surface area contributed by atoms with E-state index in [-0.39, 0.29) is 135 Å². The van der Waals surface area contributed by atoms with Crippen molar-refractivity contribution < 1.29 is 93.3 Å². The van der Waals surface area contributed by atoms with Gasteiger partial charge in [0.05, 0.1) is 19.8 Å². The molecule has 7 unspecified atom stereocenters. The molecule has 23 nitrogen and oxygen atoms in total. The molecule has 7 atom stereocenters. The molecular formula is C74H137N3O20Si5. The second kappa shape index (κ2) is 41.1. The molecule has 28 heteroatoms. The van der Waals surface area contributed by atoms with Crippen LogP contribution in [0, 0.1) is 32.5 Å². The summed E-state index contributed by atoms with van der Waals surface area (Å²) in [5.74, 6) is -2.34. The summed E-state index contributed by atoms with van der Waals surface area (Å²) in [4.78, 5) is 102. The predicted octanol–water partition coefficient (Wildman–Crippen LogP) is 15.8. The molecule has 3 aliphatic carbocycles. The second-order valence-corrected chi connectivity index (χ2v) is 57.5. The van der Waals surface area contributed by atoms with Crippen molar-refractivity contribution in [2.45, 2.75) is 305 Å². The van der Waals surface area contributed by atoms with Gasteiger partial charge in [0, 0.05) is 56.1 Å². The molecule has 3 amide bonds. The highest BCUT2D eigenvalue weighted by atomic mass is 28.5. The van der Waals surface area contributed by atoms with Crippen LogP contribution in [-0.4, -0.2) is 174 Å². The zero-order valence-electron chi connectivity index (χ0n) is 66.7. The van der Waals surface area contributed by atoms with E-state index in [0.717, 1.165) is 68.4 Å². The van der Waals surface area contributed by atoms with Gasteiger partial charge in [-0.25, -0.2) is 24.0 Å². The Morgan fingerprint density at radius 1 is 0.422 bits per heavy atom. The van der Waals surface area contributed by atoms with Crippen molar-refractivity contribution in [2.24, 2.45) is 32.5 Å². The molecular weight excluding hydrogens is 1390 g/mol. The molecule has 3 aliphatic rings. The summed E-state index contributed by atoms with van der Waals surface area (Å²) in [6, 6.07) is 1.35. The molecule has 0 spiro atoms. The van der Waals surface area contributed by atoms with Crippen LogP contribution in [0.2, 0.25) is 83.2 Å². The van der Waals surface area contributed by atoms with Gasteiger partial charge in [-0.2, -0.15) is 0 Å². The first kappa shape index (κ1) is 91.8. The van der Waals surface area contributed by atoms with Gasteiger partial charge in [-0.05, 0) is 212 Å². The maximum Gasteiger partial charge on any atom is 0.407 e. The van der Waals surface area contributed by atoms with Crippen LogP contribution in [-0.2, 0) is 78.9 Å². The lowest BCUT2D eigenvalue weighted by Gasteiger charge is -2.46. The Morgan fingerprint density at radius 2 is 0.784 bits per heavy atom. The average Bonchev–Trinajstić information content (AvgIpc) is 0.834. The van der Waals surface area contributed by atoms with Gasteiger partial charge in [-0.1, -0.05) is 95.2 Å². The highest BCUT2D eigenvalue weighted by Crippen LogP contribution is 2.51. The van der Waals surface area contributed by atoms with Crippen molar-refractivity contribution in [3.8, 4) is 0 Å². The monoisotopic (exact) mass is 1530 g/mol. The third kappa shape index (κ3) is 39.2. The summed E-state index contributed by atoms with van der Waals surface area (Å²) < 4.78 is 70.8. The molecule has 0 heterocycles. The van der Waals surface area contributed by atoms with Gasteiger partial charge in [-0.3, -0.25) is 14.4 Å². The lowest BCUT2D eigenvalue weighted by atomic mass is 9.61. The first-order valence-electron chi connectivity index (χ1n) is 37.6. The Morgan fingerprint density at radius 3 is 1.24 bits per heavy atom. The fraction of sp³-hybridized carbons (Fsp3) is 0.838. The molecule has 0 aromatic carbocycles.